The SMILES string of the molecule is CC(C)NC(=O)C1(C(=O)NC2CC2)CC1. The maximum Gasteiger partial charge on any atom is 0.235 e. The summed E-state index contributed by atoms with van der Waals surface area (Å²) in [5.74, 6) is -0.168. The smallest absolute Gasteiger partial charge is 0.235 e. The molecular formula is C11H18N2O2. The summed E-state index contributed by atoms with van der Waals surface area (Å²) in [6.07, 6.45) is 3.52. The molecule has 84 valence electrons. The average Bonchev–Trinajstić information content (AvgIpc) is 2.98. The van der Waals surface area contributed by atoms with Crippen molar-refractivity contribution in [1.29, 1.82) is 0 Å². The fourth-order valence-electron chi connectivity index (χ4n) is 1.63. The van der Waals surface area contributed by atoms with E-state index in [2.05, 4.69) is 10.6 Å². The lowest BCUT2D eigenvalue weighted by Gasteiger charge is -2.16. The van der Waals surface area contributed by atoms with E-state index in [9.17, 15) is 9.59 Å². The Morgan fingerprint density at radius 2 is 1.80 bits per heavy atom. The van der Waals surface area contributed by atoms with Gasteiger partial charge in [0, 0.05) is 12.1 Å². The lowest BCUT2D eigenvalue weighted by atomic mass is 10.0. The Morgan fingerprint density at radius 1 is 1.20 bits per heavy atom. The average molecular weight is 210 g/mol. The molecule has 0 atom stereocenters. The Morgan fingerprint density at radius 3 is 2.20 bits per heavy atom. The van der Waals surface area contributed by atoms with Gasteiger partial charge in [0.25, 0.3) is 0 Å². The number of rotatable bonds is 4. The van der Waals surface area contributed by atoms with E-state index >= 15 is 0 Å². The van der Waals surface area contributed by atoms with E-state index in [1.54, 1.807) is 0 Å². The first-order valence-corrected chi connectivity index (χ1v) is 5.66. The molecular weight excluding hydrogens is 192 g/mol. The second kappa shape index (κ2) is 3.51. The highest BCUT2D eigenvalue weighted by atomic mass is 16.2. The largest absolute Gasteiger partial charge is 0.353 e. The molecule has 2 amide bonds. The van der Waals surface area contributed by atoms with Gasteiger partial charge in [-0.3, -0.25) is 9.59 Å². The van der Waals surface area contributed by atoms with Crippen LogP contribution in [0.25, 0.3) is 0 Å². The van der Waals surface area contributed by atoms with E-state index in [1.807, 2.05) is 13.8 Å². The highest BCUT2D eigenvalue weighted by Crippen LogP contribution is 2.46. The summed E-state index contributed by atoms with van der Waals surface area (Å²) >= 11 is 0. The van der Waals surface area contributed by atoms with Crippen LogP contribution in [0.15, 0.2) is 0 Å². The summed E-state index contributed by atoms with van der Waals surface area (Å²) in [7, 11) is 0. The zero-order valence-corrected chi connectivity index (χ0v) is 9.30. The predicted octanol–water partition coefficient (Wildman–Crippen LogP) is 0.570. The first-order valence-electron chi connectivity index (χ1n) is 5.66. The first kappa shape index (κ1) is 10.5. The van der Waals surface area contributed by atoms with Crippen molar-refractivity contribution in [3.8, 4) is 0 Å². The molecule has 0 unspecified atom stereocenters. The summed E-state index contributed by atoms with van der Waals surface area (Å²) in [5.41, 5.74) is -0.729. The van der Waals surface area contributed by atoms with Crippen molar-refractivity contribution in [2.75, 3.05) is 0 Å². The van der Waals surface area contributed by atoms with Gasteiger partial charge in [-0.25, -0.2) is 0 Å². The van der Waals surface area contributed by atoms with Crippen molar-refractivity contribution in [1.82, 2.24) is 10.6 Å². The third-order valence-corrected chi connectivity index (χ3v) is 2.95. The number of carbonyl (C=O) groups is 2. The van der Waals surface area contributed by atoms with Crippen LogP contribution in [0.4, 0.5) is 0 Å². The van der Waals surface area contributed by atoms with Gasteiger partial charge in [-0.05, 0) is 39.5 Å². The molecule has 15 heavy (non-hydrogen) atoms. The van der Waals surface area contributed by atoms with E-state index in [-0.39, 0.29) is 17.9 Å². The van der Waals surface area contributed by atoms with Gasteiger partial charge >= 0.3 is 0 Å². The molecule has 0 aromatic rings. The fraction of sp³-hybridized carbons (Fsp3) is 0.818. The van der Waals surface area contributed by atoms with Gasteiger partial charge in [-0.2, -0.15) is 0 Å². The molecule has 2 aliphatic carbocycles. The maximum absolute atomic E-state index is 11.8. The van der Waals surface area contributed by atoms with Crippen molar-refractivity contribution in [2.24, 2.45) is 5.41 Å². The topological polar surface area (TPSA) is 58.2 Å². The van der Waals surface area contributed by atoms with E-state index in [1.165, 1.54) is 0 Å². The highest BCUT2D eigenvalue weighted by Gasteiger charge is 2.57. The van der Waals surface area contributed by atoms with E-state index in [0.717, 1.165) is 12.8 Å². The molecule has 0 spiro atoms. The molecule has 2 rings (SSSR count). The number of hydrogen-bond donors (Lipinski definition) is 2. The van der Waals surface area contributed by atoms with Gasteiger partial charge in [-0.1, -0.05) is 0 Å². The Bertz CT molecular complexity index is 273. The number of hydrogen-bond acceptors (Lipinski definition) is 2. The molecule has 4 nitrogen and oxygen atoms in total. The summed E-state index contributed by atoms with van der Waals surface area (Å²) in [5, 5.41) is 5.73. The molecule has 0 saturated heterocycles. The Hall–Kier alpha value is -1.06. The monoisotopic (exact) mass is 210 g/mol. The van der Waals surface area contributed by atoms with Crippen LogP contribution in [-0.4, -0.2) is 23.9 Å². The van der Waals surface area contributed by atoms with Gasteiger partial charge in [0.2, 0.25) is 11.8 Å². The van der Waals surface area contributed by atoms with Crippen LogP contribution in [0.1, 0.15) is 39.5 Å². The van der Waals surface area contributed by atoms with Crippen LogP contribution in [-0.2, 0) is 9.59 Å². The minimum absolute atomic E-state index is 0.0665. The molecule has 2 N–H and O–H groups in total. The van der Waals surface area contributed by atoms with Gasteiger partial charge < -0.3 is 10.6 Å². The summed E-state index contributed by atoms with van der Waals surface area (Å²) in [6, 6.07) is 0.436. The minimum atomic E-state index is -0.729. The molecule has 2 aliphatic rings. The first-order chi connectivity index (χ1) is 7.04. The molecule has 0 aromatic heterocycles. The lowest BCUT2D eigenvalue weighted by Crippen LogP contribution is -2.45. The Kier molecular flexibility index (Phi) is 2.44. The van der Waals surface area contributed by atoms with Crippen molar-refractivity contribution in [2.45, 2.75) is 51.6 Å². The Balaban J connectivity index is 1.93. The van der Waals surface area contributed by atoms with Gasteiger partial charge in [0.15, 0.2) is 0 Å². The summed E-state index contributed by atoms with van der Waals surface area (Å²) in [4.78, 5) is 23.6. The van der Waals surface area contributed by atoms with Gasteiger partial charge in [0.05, 0.1) is 0 Å². The molecule has 0 aromatic carbocycles. The second-order valence-electron chi connectivity index (χ2n) is 4.96. The second-order valence-corrected chi connectivity index (χ2v) is 4.96. The molecule has 0 radical (unpaired) electrons. The molecule has 0 bridgehead atoms. The van der Waals surface area contributed by atoms with E-state index in [4.69, 9.17) is 0 Å². The maximum atomic E-state index is 11.8. The third-order valence-electron chi connectivity index (χ3n) is 2.95. The van der Waals surface area contributed by atoms with Crippen LogP contribution in [0.3, 0.4) is 0 Å². The zero-order chi connectivity index (χ0) is 11.1. The van der Waals surface area contributed by atoms with Crippen LogP contribution in [0, 0.1) is 5.41 Å². The molecule has 0 aliphatic heterocycles. The number of carbonyl (C=O) groups excluding carboxylic acids is 2. The lowest BCUT2D eigenvalue weighted by molar-refractivity contribution is -0.137. The third kappa shape index (κ3) is 2.13. The van der Waals surface area contributed by atoms with Gasteiger partial charge in [-0.15, -0.1) is 0 Å². The van der Waals surface area contributed by atoms with Crippen LogP contribution >= 0.6 is 0 Å². The van der Waals surface area contributed by atoms with Crippen molar-refractivity contribution >= 4 is 11.8 Å². The van der Waals surface area contributed by atoms with Crippen molar-refractivity contribution in [3.05, 3.63) is 0 Å². The number of amides is 2. The van der Waals surface area contributed by atoms with E-state index < -0.39 is 5.41 Å². The molecule has 2 saturated carbocycles. The van der Waals surface area contributed by atoms with Crippen molar-refractivity contribution in [3.63, 3.8) is 0 Å². The Labute approximate surface area is 89.8 Å². The quantitative estimate of drug-likeness (QED) is 0.666. The van der Waals surface area contributed by atoms with Gasteiger partial charge in [0.1, 0.15) is 5.41 Å². The zero-order valence-electron chi connectivity index (χ0n) is 9.30. The van der Waals surface area contributed by atoms with Crippen LogP contribution < -0.4 is 10.6 Å². The van der Waals surface area contributed by atoms with Crippen molar-refractivity contribution < 1.29 is 9.59 Å². The molecule has 0 heterocycles. The standard InChI is InChI=1S/C11H18N2O2/c1-7(2)12-9(14)11(5-6-11)10(15)13-8-3-4-8/h7-8H,3-6H2,1-2H3,(H,12,14)(H,13,15). The van der Waals surface area contributed by atoms with Crippen LogP contribution in [0.2, 0.25) is 0 Å². The molecule has 2 fully saturated rings. The van der Waals surface area contributed by atoms with E-state index in [0.29, 0.717) is 18.9 Å². The van der Waals surface area contributed by atoms with Crippen LogP contribution in [0.5, 0.6) is 0 Å². The number of nitrogens with one attached hydrogen (secondary N) is 2. The fourth-order valence-corrected chi connectivity index (χ4v) is 1.63. The molecule has 4 heteroatoms. The summed E-state index contributed by atoms with van der Waals surface area (Å²) in [6.45, 7) is 3.82. The normalized spacial score (nSPS) is 22.3. The summed E-state index contributed by atoms with van der Waals surface area (Å²) < 4.78 is 0. The highest BCUT2D eigenvalue weighted by molar-refractivity contribution is 6.08. The minimum Gasteiger partial charge on any atom is -0.353 e. The predicted molar refractivity (Wildman–Crippen MR) is 56.1 cm³/mol.